The lowest BCUT2D eigenvalue weighted by molar-refractivity contribution is 0.246. The van der Waals surface area contributed by atoms with Crippen molar-refractivity contribution in [1.29, 1.82) is 0 Å². The van der Waals surface area contributed by atoms with Gasteiger partial charge in [-0.2, -0.15) is 0 Å². The number of nitrogens with one attached hydrogen (secondary N) is 2. The molecular formula is C19H24N4O3. The summed E-state index contributed by atoms with van der Waals surface area (Å²) in [6.07, 6.45) is 6.82. The molecule has 0 saturated heterocycles. The standard InChI is InChI=1S/C19H24N4O3/c1-23-9-8-19-7-3-4-13(21-22-18(20)24)10-15(19)26-17-14(25-2)6-5-12(11-23)16(17)19/h4-6,10,21H,3,7-9,11H2,1-2H3,(H3,20,22,24). The Hall–Kier alpha value is -2.67. The van der Waals surface area contributed by atoms with E-state index in [2.05, 4.69) is 34.9 Å². The maximum absolute atomic E-state index is 11.0. The third-order valence-corrected chi connectivity index (χ3v) is 5.50. The number of amides is 2. The average molecular weight is 356 g/mol. The number of urea groups is 1. The highest BCUT2D eigenvalue weighted by Gasteiger charge is 2.49. The second-order valence-corrected chi connectivity index (χ2v) is 7.12. The predicted octanol–water partition coefficient (Wildman–Crippen LogP) is 1.90. The molecular weight excluding hydrogens is 332 g/mol. The van der Waals surface area contributed by atoms with E-state index in [9.17, 15) is 4.79 Å². The first kappa shape index (κ1) is 16.8. The summed E-state index contributed by atoms with van der Waals surface area (Å²) in [7, 11) is 3.82. The molecule has 1 unspecified atom stereocenters. The van der Waals surface area contributed by atoms with Crippen LogP contribution in [-0.4, -0.2) is 31.6 Å². The van der Waals surface area contributed by atoms with Crippen molar-refractivity contribution in [2.24, 2.45) is 5.73 Å². The Morgan fingerprint density at radius 2 is 2.23 bits per heavy atom. The number of rotatable bonds is 3. The largest absolute Gasteiger partial charge is 0.493 e. The van der Waals surface area contributed by atoms with Crippen LogP contribution in [-0.2, 0) is 12.0 Å². The van der Waals surface area contributed by atoms with Crippen LogP contribution in [0.2, 0.25) is 0 Å². The van der Waals surface area contributed by atoms with E-state index in [1.807, 2.05) is 12.1 Å². The zero-order chi connectivity index (χ0) is 18.3. The highest BCUT2D eigenvalue weighted by Crippen LogP contribution is 2.57. The number of hydrazine groups is 1. The number of ether oxygens (including phenoxy) is 2. The molecule has 2 amide bonds. The van der Waals surface area contributed by atoms with Gasteiger partial charge in [0.1, 0.15) is 5.76 Å². The number of primary amides is 1. The molecule has 0 saturated carbocycles. The summed E-state index contributed by atoms with van der Waals surface area (Å²) in [5.41, 5.74) is 13.6. The smallest absolute Gasteiger partial charge is 0.330 e. The molecule has 1 atom stereocenters. The zero-order valence-corrected chi connectivity index (χ0v) is 15.1. The number of hydrogen-bond donors (Lipinski definition) is 3. The molecule has 7 nitrogen and oxygen atoms in total. The van der Waals surface area contributed by atoms with E-state index < -0.39 is 6.03 Å². The summed E-state index contributed by atoms with van der Waals surface area (Å²) in [4.78, 5) is 13.4. The van der Waals surface area contributed by atoms with Crippen molar-refractivity contribution in [3.63, 3.8) is 0 Å². The van der Waals surface area contributed by atoms with Gasteiger partial charge in [-0.3, -0.25) is 10.9 Å². The van der Waals surface area contributed by atoms with E-state index >= 15 is 0 Å². The lowest BCUT2D eigenvalue weighted by Crippen LogP contribution is -2.40. The minimum atomic E-state index is -0.626. The molecule has 3 aliphatic rings. The van der Waals surface area contributed by atoms with Gasteiger partial charge in [0.05, 0.1) is 18.2 Å². The van der Waals surface area contributed by atoms with Crippen LogP contribution in [0, 0.1) is 0 Å². The average Bonchev–Trinajstić information content (AvgIpc) is 2.73. The number of carbonyl (C=O) groups is 1. The van der Waals surface area contributed by atoms with Crippen LogP contribution in [0.1, 0.15) is 30.4 Å². The van der Waals surface area contributed by atoms with Crippen molar-refractivity contribution in [1.82, 2.24) is 15.8 Å². The van der Waals surface area contributed by atoms with Crippen LogP contribution in [0.5, 0.6) is 11.5 Å². The van der Waals surface area contributed by atoms with Crippen LogP contribution in [0.4, 0.5) is 4.79 Å². The SMILES string of the molecule is COc1ccc2c3c1OC1=CC(NNC(N)=O)=CCCC13CCN(C)C2. The second kappa shape index (κ2) is 6.25. The van der Waals surface area contributed by atoms with Gasteiger partial charge in [0.15, 0.2) is 11.5 Å². The fraction of sp³-hybridized carbons (Fsp3) is 0.421. The highest BCUT2D eigenvalue weighted by atomic mass is 16.5. The maximum atomic E-state index is 11.0. The number of methoxy groups -OCH3 is 1. The number of benzene rings is 1. The maximum Gasteiger partial charge on any atom is 0.330 e. The van der Waals surface area contributed by atoms with Crippen molar-refractivity contribution in [3.05, 3.63) is 46.9 Å². The Morgan fingerprint density at radius 3 is 3.00 bits per heavy atom. The number of carbonyl (C=O) groups excluding carboxylic acids is 1. The predicted molar refractivity (Wildman–Crippen MR) is 97.5 cm³/mol. The molecule has 2 heterocycles. The molecule has 26 heavy (non-hydrogen) atoms. The first-order valence-electron chi connectivity index (χ1n) is 8.84. The summed E-state index contributed by atoms with van der Waals surface area (Å²) in [6.45, 7) is 1.88. The number of allylic oxidation sites excluding steroid dienone is 3. The molecule has 4 rings (SSSR count). The monoisotopic (exact) mass is 356 g/mol. The van der Waals surface area contributed by atoms with Crippen LogP contribution in [0.25, 0.3) is 0 Å². The topological polar surface area (TPSA) is 88.9 Å². The molecule has 0 fully saturated rings. The third kappa shape index (κ3) is 2.59. The zero-order valence-electron chi connectivity index (χ0n) is 15.1. The molecule has 4 N–H and O–H groups in total. The van der Waals surface area contributed by atoms with E-state index in [0.717, 1.165) is 55.3 Å². The quantitative estimate of drug-likeness (QED) is 0.720. The van der Waals surface area contributed by atoms with Gasteiger partial charge in [-0.25, -0.2) is 4.79 Å². The van der Waals surface area contributed by atoms with Crippen LogP contribution < -0.4 is 26.1 Å². The molecule has 0 aromatic heterocycles. The highest BCUT2D eigenvalue weighted by molar-refractivity contribution is 5.71. The lowest BCUT2D eigenvalue weighted by Gasteiger charge is -2.28. The molecule has 7 heteroatoms. The Kier molecular flexibility index (Phi) is 4.03. The molecule has 1 spiro atoms. The van der Waals surface area contributed by atoms with Crippen LogP contribution >= 0.6 is 0 Å². The van der Waals surface area contributed by atoms with Gasteiger partial charge in [0.25, 0.3) is 0 Å². The van der Waals surface area contributed by atoms with E-state index in [1.54, 1.807) is 7.11 Å². The first-order valence-corrected chi connectivity index (χ1v) is 8.84. The molecule has 0 bridgehead atoms. The summed E-state index contributed by atoms with van der Waals surface area (Å²) in [5.74, 6) is 2.49. The summed E-state index contributed by atoms with van der Waals surface area (Å²) in [5, 5.41) is 0. The van der Waals surface area contributed by atoms with Gasteiger partial charge in [0.2, 0.25) is 0 Å². The Labute approximate surface area is 152 Å². The van der Waals surface area contributed by atoms with Gasteiger partial charge in [-0.05, 0) is 44.5 Å². The van der Waals surface area contributed by atoms with Gasteiger partial charge >= 0.3 is 6.03 Å². The summed E-state index contributed by atoms with van der Waals surface area (Å²) in [6, 6.07) is 3.51. The minimum absolute atomic E-state index is 0.170. The normalized spacial score (nSPS) is 24.1. The molecule has 1 aliphatic carbocycles. The van der Waals surface area contributed by atoms with Crippen LogP contribution in [0.15, 0.2) is 35.7 Å². The van der Waals surface area contributed by atoms with Crippen LogP contribution in [0.3, 0.4) is 0 Å². The number of hydrogen-bond acceptors (Lipinski definition) is 5. The number of nitrogens with zero attached hydrogens (tertiary/aromatic N) is 1. The van der Waals surface area contributed by atoms with Gasteiger partial charge in [-0.1, -0.05) is 12.1 Å². The Morgan fingerprint density at radius 1 is 1.38 bits per heavy atom. The molecule has 2 aliphatic heterocycles. The Bertz CT molecular complexity index is 817. The number of nitrogens with two attached hydrogens (primary N) is 1. The van der Waals surface area contributed by atoms with E-state index in [1.165, 1.54) is 11.1 Å². The summed E-state index contributed by atoms with van der Waals surface area (Å²) < 4.78 is 11.9. The molecule has 138 valence electrons. The first-order chi connectivity index (χ1) is 12.5. The fourth-order valence-electron chi connectivity index (χ4n) is 4.29. The van der Waals surface area contributed by atoms with Gasteiger partial charge in [0, 0.05) is 18.2 Å². The van der Waals surface area contributed by atoms with Crippen molar-refractivity contribution < 1.29 is 14.3 Å². The van der Waals surface area contributed by atoms with Crippen molar-refractivity contribution >= 4 is 6.03 Å². The van der Waals surface area contributed by atoms with Crippen molar-refractivity contribution in [2.75, 3.05) is 20.7 Å². The van der Waals surface area contributed by atoms with Gasteiger partial charge in [-0.15, -0.1) is 0 Å². The molecule has 0 radical (unpaired) electrons. The van der Waals surface area contributed by atoms with Crippen molar-refractivity contribution in [2.45, 2.75) is 31.2 Å². The molecule has 1 aromatic rings. The summed E-state index contributed by atoms with van der Waals surface area (Å²) >= 11 is 0. The third-order valence-electron chi connectivity index (χ3n) is 5.50. The lowest BCUT2D eigenvalue weighted by atomic mass is 9.73. The van der Waals surface area contributed by atoms with E-state index in [-0.39, 0.29) is 5.41 Å². The molecule has 1 aromatic carbocycles. The van der Waals surface area contributed by atoms with Crippen molar-refractivity contribution in [3.8, 4) is 11.5 Å². The minimum Gasteiger partial charge on any atom is -0.493 e. The van der Waals surface area contributed by atoms with E-state index in [0.29, 0.717) is 0 Å². The van der Waals surface area contributed by atoms with Gasteiger partial charge < -0.3 is 20.1 Å². The fourth-order valence-corrected chi connectivity index (χ4v) is 4.29. The second-order valence-electron chi connectivity index (χ2n) is 7.12. The van der Waals surface area contributed by atoms with E-state index in [4.69, 9.17) is 15.2 Å². The Balaban J connectivity index is 1.81.